The Balaban J connectivity index is 1.39. The normalized spacial score (nSPS) is 16.8. The summed E-state index contributed by atoms with van der Waals surface area (Å²) < 4.78 is 11.1. The molecule has 0 aliphatic carbocycles. The topological polar surface area (TPSA) is 79.9 Å². The van der Waals surface area contributed by atoms with Crippen molar-refractivity contribution in [3.63, 3.8) is 0 Å². The van der Waals surface area contributed by atoms with Crippen molar-refractivity contribution in [1.82, 2.24) is 15.5 Å². The molecule has 2 N–H and O–H groups in total. The highest BCUT2D eigenvalue weighted by Crippen LogP contribution is 2.21. The summed E-state index contributed by atoms with van der Waals surface area (Å²) in [6.45, 7) is 3.52. The van der Waals surface area contributed by atoms with Gasteiger partial charge in [0.05, 0.1) is 19.8 Å². The van der Waals surface area contributed by atoms with Gasteiger partial charge in [0.15, 0.2) is 0 Å². The molecule has 1 aliphatic rings. The number of carbonyl (C=O) groups is 2. The molecule has 0 spiro atoms. The number of carbonyl (C=O) groups excluding carboxylic acids is 2. The van der Waals surface area contributed by atoms with Gasteiger partial charge in [-0.3, -0.25) is 14.5 Å². The van der Waals surface area contributed by atoms with Crippen LogP contribution in [0.25, 0.3) is 0 Å². The summed E-state index contributed by atoms with van der Waals surface area (Å²) in [5, 5.41) is 5.31. The van der Waals surface area contributed by atoms with E-state index in [4.69, 9.17) is 9.47 Å². The zero-order chi connectivity index (χ0) is 20.5. The summed E-state index contributed by atoms with van der Waals surface area (Å²) in [6, 6.07) is 17.5. The Morgan fingerprint density at radius 2 is 1.79 bits per heavy atom. The first-order valence-corrected chi connectivity index (χ1v) is 9.74. The zero-order valence-corrected chi connectivity index (χ0v) is 16.6. The minimum atomic E-state index is -0.653. The minimum Gasteiger partial charge on any atom is -0.496 e. The third-order valence-electron chi connectivity index (χ3n) is 4.87. The van der Waals surface area contributed by atoms with Gasteiger partial charge in [0.1, 0.15) is 5.75 Å². The SMILES string of the molecule is COc1ccccc1CNC(=O)C(=O)NCCN1CCO[C@@H](c2ccccc2)C1. The van der Waals surface area contributed by atoms with Gasteiger partial charge in [-0.2, -0.15) is 0 Å². The predicted molar refractivity (Wildman–Crippen MR) is 109 cm³/mol. The van der Waals surface area contributed by atoms with Crippen molar-refractivity contribution >= 4 is 11.8 Å². The first-order valence-electron chi connectivity index (χ1n) is 9.74. The van der Waals surface area contributed by atoms with Crippen LogP contribution in [0.4, 0.5) is 0 Å². The molecule has 1 saturated heterocycles. The van der Waals surface area contributed by atoms with Crippen LogP contribution in [0.15, 0.2) is 54.6 Å². The molecule has 0 unspecified atom stereocenters. The molecule has 1 fully saturated rings. The van der Waals surface area contributed by atoms with Crippen LogP contribution in [-0.4, -0.2) is 56.6 Å². The highest BCUT2D eigenvalue weighted by atomic mass is 16.5. The molecule has 154 valence electrons. The number of amides is 2. The van der Waals surface area contributed by atoms with Crippen LogP contribution >= 0.6 is 0 Å². The number of nitrogens with one attached hydrogen (secondary N) is 2. The molecule has 3 rings (SSSR count). The maximum atomic E-state index is 12.0. The maximum Gasteiger partial charge on any atom is 0.309 e. The summed E-state index contributed by atoms with van der Waals surface area (Å²) in [5.74, 6) is -0.610. The van der Waals surface area contributed by atoms with E-state index in [1.54, 1.807) is 7.11 Å². The molecule has 2 aromatic rings. The van der Waals surface area contributed by atoms with Crippen LogP contribution in [-0.2, 0) is 20.9 Å². The Hall–Kier alpha value is -2.90. The van der Waals surface area contributed by atoms with Gasteiger partial charge in [-0.05, 0) is 11.6 Å². The molecule has 29 heavy (non-hydrogen) atoms. The van der Waals surface area contributed by atoms with Crippen molar-refractivity contribution < 1.29 is 19.1 Å². The number of methoxy groups -OCH3 is 1. The van der Waals surface area contributed by atoms with Gasteiger partial charge in [0.2, 0.25) is 0 Å². The fraction of sp³-hybridized carbons (Fsp3) is 0.364. The van der Waals surface area contributed by atoms with Gasteiger partial charge in [0.25, 0.3) is 0 Å². The molecule has 2 amide bonds. The molecule has 2 aromatic carbocycles. The third-order valence-corrected chi connectivity index (χ3v) is 4.87. The minimum absolute atomic E-state index is 0.0322. The number of rotatable bonds is 7. The van der Waals surface area contributed by atoms with E-state index >= 15 is 0 Å². The molecule has 0 aromatic heterocycles. The fourth-order valence-electron chi connectivity index (χ4n) is 3.29. The van der Waals surface area contributed by atoms with Crippen molar-refractivity contribution in [3.05, 3.63) is 65.7 Å². The molecule has 1 heterocycles. The second-order valence-electron chi connectivity index (χ2n) is 6.82. The number of ether oxygens (including phenoxy) is 2. The lowest BCUT2D eigenvalue weighted by atomic mass is 10.1. The monoisotopic (exact) mass is 397 g/mol. The summed E-state index contributed by atoms with van der Waals surface area (Å²) in [4.78, 5) is 26.3. The van der Waals surface area contributed by atoms with Gasteiger partial charge < -0.3 is 20.1 Å². The van der Waals surface area contributed by atoms with Crippen molar-refractivity contribution in [2.45, 2.75) is 12.6 Å². The molecule has 1 aliphatic heterocycles. The maximum absolute atomic E-state index is 12.0. The molecule has 7 heteroatoms. The molecular weight excluding hydrogens is 370 g/mol. The molecular formula is C22H27N3O4. The van der Waals surface area contributed by atoms with E-state index in [2.05, 4.69) is 27.7 Å². The van der Waals surface area contributed by atoms with Gasteiger partial charge in [0, 0.05) is 38.3 Å². The van der Waals surface area contributed by atoms with Gasteiger partial charge in [-0.25, -0.2) is 0 Å². The average molecular weight is 397 g/mol. The van der Waals surface area contributed by atoms with Crippen LogP contribution < -0.4 is 15.4 Å². The number of benzene rings is 2. The smallest absolute Gasteiger partial charge is 0.309 e. The summed E-state index contributed by atoms with van der Waals surface area (Å²) in [5.41, 5.74) is 1.97. The highest BCUT2D eigenvalue weighted by molar-refractivity contribution is 6.35. The summed E-state index contributed by atoms with van der Waals surface area (Å²) >= 11 is 0. The Morgan fingerprint density at radius 3 is 2.59 bits per heavy atom. The van der Waals surface area contributed by atoms with Crippen molar-refractivity contribution in [2.75, 3.05) is 39.9 Å². The van der Waals surface area contributed by atoms with Crippen molar-refractivity contribution in [1.29, 1.82) is 0 Å². The Bertz CT molecular complexity index is 813. The van der Waals surface area contributed by atoms with Gasteiger partial charge in [-0.15, -0.1) is 0 Å². The number of para-hydroxylation sites is 1. The number of nitrogens with zero attached hydrogens (tertiary/aromatic N) is 1. The van der Waals surface area contributed by atoms with Gasteiger partial charge >= 0.3 is 11.8 Å². The van der Waals surface area contributed by atoms with E-state index in [9.17, 15) is 9.59 Å². The van der Waals surface area contributed by atoms with Crippen LogP contribution in [0, 0.1) is 0 Å². The molecule has 0 radical (unpaired) electrons. The molecule has 0 saturated carbocycles. The summed E-state index contributed by atoms with van der Waals surface area (Å²) in [7, 11) is 1.57. The molecule has 1 atom stereocenters. The Labute approximate surface area is 171 Å². The van der Waals surface area contributed by atoms with Crippen LogP contribution in [0.5, 0.6) is 5.75 Å². The Morgan fingerprint density at radius 1 is 1.07 bits per heavy atom. The molecule has 0 bridgehead atoms. The lowest BCUT2D eigenvalue weighted by Crippen LogP contribution is -2.45. The van der Waals surface area contributed by atoms with E-state index in [-0.39, 0.29) is 12.6 Å². The number of hydrogen-bond acceptors (Lipinski definition) is 5. The highest BCUT2D eigenvalue weighted by Gasteiger charge is 2.22. The quantitative estimate of drug-likeness (QED) is 0.693. The summed E-state index contributed by atoms with van der Waals surface area (Å²) in [6.07, 6.45) is 0.0322. The van der Waals surface area contributed by atoms with E-state index in [0.717, 1.165) is 24.2 Å². The second-order valence-corrected chi connectivity index (χ2v) is 6.82. The first kappa shape index (κ1) is 20.8. The van der Waals surface area contributed by atoms with Crippen LogP contribution in [0.1, 0.15) is 17.2 Å². The lowest BCUT2D eigenvalue weighted by molar-refractivity contribution is -0.139. The van der Waals surface area contributed by atoms with E-state index in [1.165, 1.54) is 0 Å². The average Bonchev–Trinajstić information content (AvgIpc) is 2.78. The number of hydrogen-bond donors (Lipinski definition) is 2. The standard InChI is InChI=1S/C22H27N3O4/c1-28-19-10-6-5-9-18(19)15-24-22(27)21(26)23-11-12-25-13-14-29-20(16-25)17-7-3-2-4-8-17/h2-10,20H,11-16H2,1H3,(H,23,26)(H,24,27)/t20-/m1/s1. The predicted octanol–water partition coefficient (Wildman–Crippen LogP) is 1.50. The van der Waals surface area contributed by atoms with E-state index in [1.807, 2.05) is 42.5 Å². The van der Waals surface area contributed by atoms with E-state index in [0.29, 0.717) is 25.4 Å². The lowest BCUT2D eigenvalue weighted by Gasteiger charge is -2.33. The third kappa shape index (κ3) is 6.04. The number of morpholine rings is 1. The second kappa shape index (κ2) is 10.6. The van der Waals surface area contributed by atoms with E-state index < -0.39 is 11.8 Å². The van der Waals surface area contributed by atoms with Crippen molar-refractivity contribution in [3.8, 4) is 5.75 Å². The fourth-order valence-corrected chi connectivity index (χ4v) is 3.29. The zero-order valence-electron chi connectivity index (χ0n) is 16.6. The van der Waals surface area contributed by atoms with Crippen LogP contribution in [0.3, 0.4) is 0 Å². The van der Waals surface area contributed by atoms with Crippen LogP contribution in [0.2, 0.25) is 0 Å². The Kier molecular flexibility index (Phi) is 7.61. The first-order chi connectivity index (χ1) is 14.2. The van der Waals surface area contributed by atoms with Crippen molar-refractivity contribution in [2.24, 2.45) is 0 Å². The largest absolute Gasteiger partial charge is 0.496 e. The molecule has 7 nitrogen and oxygen atoms in total. The van der Waals surface area contributed by atoms with Gasteiger partial charge in [-0.1, -0.05) is 48.5 Å².